The first-order chi connectivity index (χ1) is 18.0. The van der Waals surface area contributed by atoms with Gasteiger partial charge in [-0.1, -0.05) is 42.5 Å². The second kappa shape index (κ2) is 10.6. The van der Waals surface area contributed by atoms with Crippen LogP contribution in [0.1, 0.15) is 47.6 Å². The molecule has 0 unspecified atom stereocenters. The number of thiophene rings is 1. The largest absolute Gasteiger partial charge is 0.493 e. The van der Waals surface area contributed by atoms with E-state index >= 15 is 0 Å². The van der Waals surface area contributed by atoms with Gasteiger partial charge in [0.05, 0.1) is 25.7 Å². The van der Waals surface area contributed by atoms with Gasteiger partial charge < -0.3 is 19.5 Å². The highest BCUT2D eigenvalue weighted by atomic mass is 32.1. The summed E-state index contributed by atoms with van der Waals surface area (Å²) >= 11 is 1.54. The van der Waals surface area contributed by atoms with Gasteiger partial charge in [0.15, 0.2) is 17.3 Å². The smallest absolute Gasteiger partial charge is 0.337 e. The third-order valence-electron chi connectivity index (χ3n) is 6.97. The molecule has 0 radical (unpaired) electrons. The number of benzene rings is 2. The van der Waals surface area contributed by atoms with E-state index in [1.54, 1.807) is 25.6 Å². The second-order valence-electron chi connectivity index (χ2n) is 9.21. The molecule has 2 atom stereocenters. The molecule has 0 bridgehead atoms. The van der Waals surface area contributed by atoms with Crippen molar-refractivity contribution in [3.8, 4) is 11.5 Å². The highest BCUT2D eigenvalue weighted by molar-refractivity contribution is 7.10. The van der Waals surface area contributed by atoms with Crippen LogP contribution in [-0.2, 0) is 20.9 Å². The minimum absolute atomic E-state index is 0.0121. The molecular weight excluding hydrogens is 486 g/mol. The average molecular weight is 516 g/mol. The molecule has 190 valence electrons. The van der Waals surface area contributed by atoms with Gasteiger partial charge in [0.1, 0.15) is 6.61 Å². The van der Waals surface area contributed by atoms with E-state index in [4.69, 9.17) is 14.2 Å². The first-order valence-electron chi connectivity index (χ1n) is 12.2. The van der Waals surface area contributed by atoms with Crippen molar-refractivity contribution in [2.75, 3.05) is 14.2 Å². The molecule has 1 N–H and O–H groups in total. The van der Waals surface area contributed by atoms with Crippen LogP contribution in [0.15, 0.2) is 88.6 Å². The molecule has 0 saturated carbocycles. The van der Waals surface area contributed by atoms with Crippen LogP contribution in [0.5, 0.6) is 11.5 Å². The molecule has 2 aromatic carbocycles. The number of allylic oxidation sites excluding steroid dienone is 3. The second-order valence-corrected chi connectivity index (χ2v) is 10.2. The van der Waals surface area contributed by atoms with E-state index in [0.29, 0.717) is 35.5 Å². The lowest BCUT2D eigenvalue weighted by Crippen LogP contribution is -2.35. The number of esters is 1. The Kier molecular flexibility index (Phi) is 7.15. The number of ketones is 1. The summed E-state index contributed by atoms with van der Waals surface area (Å²) in [4.78, 5) is 28.1. The quantitative estimate of drug-likeness (QED) is 0.397. The molecule has 3 aromatic rings. The van der Waals surface area contributed by atoms with Crippen molar-refractivity contribution in [1.29, 1.82) is 0 Å². The lowest BCUT2D eigenvalue weighted by Gasteiger charge is -2.36. The maximum atomic E-state index is 13.7. The maximum absolute atomic E-state index is 13.7. The van der Waals surface area contributed by atoms with Gasteiger partial charge in [-0.25, -0.2) is 4.79 Å². The van der Waals surface area contributed by atoms with Gasteiger partial charge in [-0.2, -0.15) is 0 Å². The monoisotopic (exact) mass is 515 g/mol. The summed E-state index contributed by atoms with van der Waals surface area (Å²) in [6.07, 6.45) is 1.01. The molecule has 0 saturated heterocycles. The molecule has 1 aliphatic heterocycles. The summed E-state index contributed by atoms with van der Waals surface area (Å²) in [6.45, 7) is 2.06. The summed E-state index contributed by atoms with van der Waals surface area (Å²) in [7, 11) is 3.21. The third-order valence-corrected chi connectivity index (χ3v) is 7.90. The fraction of sp³-hybridized carbons (Fsp3) is 0.267. The molecule has 2 aliphatic rings. The molecule has 1 aliphatic carbocycles. The van der Waals surface area contributed by atoms with E-state index in [0.717, 1.165) is 27.4 Å². The average Bonchev–Trinajstić information content (AvgIpc) is 3.46. The van der Waals surface area contributed by atoms with Gasteiger partial charge in [-0.15, -0.1) is 11.3 Å². The number of carbonyl (C=O) groups excluding carboxylic acids is 2. The normalized spacial score (nSPS) is 19.3. The topological polar surface area (TPSA) is 73.9 Å². The zero-order valence-corrected chi connectivity index (χ0v) is 21.9. The molecule has 7 heteroatoms. The van der Waals surface area contributed by atoms with Crippen molar-refractivity contribution in [3.63, 3.8) is 0 Å². The number of nitrogens with one attached hydrogen (secondary N) is 1. The molecule has 0 spiro atoms. The molecule has 0 amide bonds. The van der Waals surface area contributed by atoms with E-state index < -0.39 is 11.9 Å². The zero-order valence-electron chi connectivity index (χ0n) is 21.1. The van der Waals surface area contributed by atoms with Crippen molar-refractivity contribution in [2.45, 2.75) is 38.2 Å². The van der Waals surface area contributed by atoms with Crippen molar-refractivity contribution in [2.24, 2.45) is 0 Å². The molecular formula is C30H29NO5S. The Balaban J connectivity index is 1.46. The van der Waals surface area contributed by atoms with Crippen LogP contribution in [0.25, 0.3) is 0 Å². The van der Waals surface area contributed by atoms with E-state index in [2.05, 4.69) is 5.32 Å². The van der Waals surface area contributed by atoms with E-state index in [9.17, 15) is 9.59 Å². The number of ether oxygens (including phenoxy) is 3. The van der Waals surface area contributed by atoms with Crippen molar-refractivity contribution in [1.82, 2.24) is 5.32 Å². The summed E-state index contributed by atoms with van der Waals surface area (Å²) in [5, 5.41) is 5.38. The Hall–Kier alpha value is -3.84. The fourth-order valence-electron chi connectivity index (χ4n) is 5.19. The SMILES string of the molecule is COc1ccc([C@H]2CC(=O)C3=C(C2)NC(C)=C(C(=O)OCc2ccccc2)[C@H]3c2cccs2)cc1OC. The Morgan fingerprint density at radius 3 is 2.49 bits per heavy atom. The van der Waals surface area contributed by atoms with Crippen molar-refractivity contribution in [3.05, 3.63) is 105 Å². The number of hydrogen-bond donors (Lipinski definition) is 1. The standard InChI is InChI=1S/C30H29NO5S/c1-18-27(30(33)36-17-19-8-5-4-6-9-19)29(26-10-7-13-37-26)28-22(31-18)14-21(15-23(28)32)20-11-12-24(34-2)25(16-20)35-3/h4-13,16,21,29,31H,14-15,17H2,1-3H3/t21-,29-/m1/s1. The first-order valence-corrected chi connectivity index (χ1v) is 13.1. The highest BCUT2D eigenvalue weighted by Crippen LogP contribution is 2.47. The maximum Gasteiger partial charge on any atom is 0.337 e. The van der Waals surface area contributed by atoms with Crippen LogP contribution in [0.3, 0.4) is 0 Å². The van der Waals surface area contributed by atoms with Gasteiger partial charge in [-0.05, 0) is 54.0 Å². The predicted octanol–water partition coefficient (Wildman–Crippen LogP) is 5.87. The van der Waals surface area contributed by atoms with Crippen LogP contribution >= 0.6 is 11.3 Å². The van der Waals surface area contributed by atoms with Crippen LogP contribution in [0.2, 0.25) is 0 Å². The molecule has 5 rings (SSSR count). The third kappa shape index (κ3) is 4.91. The van der Waals surface area contributed by atoms with Gasteiger partial charge in [-0.3, -0.25) is 4.79 Å². The lowest BCUT2D eigenvalue weighted by atomic mass is 9.73. The molecule has 2 heterocycles. The number of Topliss-reactive ketones (excluding diaryl/α,β-unsaturated/α-hetero) is 1. The van der Waals surface area contributed by atoms with Gasteiger partial charge >= 0.3 is 5.97 Å². The van der Waals surface area contributed by atoms with Crippen molar-refractivity contribution >= 4 is 23.1 Å². The zero-order chi connectivity index (χ0) is 25.9. The van der Waals surface area contributed by atoms with E-state index in [1.807, 2.05) is 73.0 Å². The number of dihydropyridines is 1. The summed E-state index contributed by atoms with van der Waals surface area (Å²) < 4.78 is 16.6. The summed E-state index contributed by atoms with van der Waals surface area (Å²) in [5.74, 6) is 0.459. The van der Waals surface area contributed by atoms with Gasteiger partial charge in [0.25, 0.3) is 0 Å². The molecule has 37 heavy (non-hydrogen) atoms. The minimum atomic E-state index is -0.446. The number of methoxy groups -OCH3 is 2. The minimum Gasteiger partial charge on any atom is -0.493 e. The van der Waals surface area contributed by atoms with Crippen molar-refractivity contribution < 1.29 is 23.8 Å². The Bertz CT molecular complexity index is 1370. The van der Waals surface area contributed by atoms with E-state index in [-0.39, 0.29) is 18.3 Å². The molecule has 6 nitrogen and oxygen atoms in total. The first kappa shape index (κ1) is 24.8. The Labute approximate surface area is 220 Å². The molecule has 1 aromatic heterocycles. The van der Waals surface area contributed by atoms with Gasteiger partial charge in [0.2, 0.25) is 0 Å². The Morgan fingerprint density at radius 2 is 1.78 bits per heavy atom. The summed E-state index contributed by atoms with van der Waals surface area (Å²) in [5.41, 5.74) is 4.67. The van der Waals surface area contributed by atoms with E-state index in [1.165, 1.54) is 0 Å². The fourth-order valence-corrected chi connectivity index (χ4v) is 6.04. The number of hydrogen-bond acceptors (Lipinski definition) is 7. The number of rotatable bonds is 7. The predicted molar refractivity (Wildman–Crippen MR) is 143 cm³/mol. The summed E-state index contributed by atoms with van der Waals surface area (Å²) in [6, 6.07) is 19.3. The number of carbonyl (C=O) groups is 2. The van der Waals surface area contributed by atoms with Crippen LogP contribution in [-0.4, -0.2) is 26.0 Å². The van der Waals surface area contributed by atoms with Gasteiger partial charge in [0, 0.05) is 28.3 Å². The highest BCUT2D eigenvalue weighted by Gasteiger charge is 2.42. The molecule has 0 fully saturated rings. The van der Waals surface area contributed by atoms with Crippen LogP contribution in [0.4, 0.5) is 0 Å². The van der Waals surface area contributed by atoms with Crippen LogP contribution < -0.4 is 14.8 Å². The van der Waals surface area contributed by atoms with Crippen LogP contribution in [0, 0.1) is 0 Å². The lowest BCUT2D eigenvalue weighted by molar-refractivity contribution is -0.140. The Morgan fingerprint density at radius 1 is 1.00 bits per heavy atom.